The van der Waals surface area contributed by atoms with Crippen LogP contribution in [0.1, 0.15) is 60.3 Å². The number of carbonyl (C=O) groups excluding carboxylic acids is 1. The maximum absolute atomic E-state index is 13.8. The van der Waals surface area contributed by atoms with Gasteiger partial charge in [-0.3, -0.25) is 0 Å². The number of quaternary nitrogens is 1. The molecule has 0 heterocycles. The monoisotopic (exact) mass is 463 g/mol. The van der Waals surface area contributed by atoms with E-state index in [0.29, 0.717) is 12.3 Å². The molecule has 0 rings (SSSR count). The minimum absolute atomic E-state index is 0.0755. The van der Waals surface area contributed by atoms with Crippen molar-refractivity contribution in [3.05, 3.63) is 0 Å². The van der Waals surface area contributed by atoms with Gasteiger partial charge in [0.1, 0.15) is 12.6 Å². The molecule has 0 saturated heterocycles. The van der Waals surface area contributed by atoms with E-state index in [2.05, 4.69) is 31.8 Å². The lowest BCUT2D eigenvalue weighted by Gasteiger charge is -2.48. The minimum atomic E-state index is -1.43. The Hall–Kier alpha value is -0.710. The van der Waals surface area contributed by atoms with E-state index in [1.165, 1.54) is 0 Å². The van der Waals surface area contributed by atoms with Gasteiger partial charge in [-0.25, -0.2) is 14.1 Å². The molecule has 31 heavy (non-hydrogen) atoms. The molecule has 0 radical (unpaired) electrons. The summed E-state index contributed by atoms with van der Waals surface area (Å²) in [6, 6.07) is -1.06. The lowest BCUT2D eigenvalue weighted by molar-refractivity contribution is -0.879. The van der Waals surface area contributed by atoms with Gasteiger partial charge in [0, 0.05) is 38.3 Å². The summed E-state index contributed by atoms with van der Waals surface area (Å²) in [7, 11) is 1.69. The number of hydrogen-bond acceptors (Lipinski definition) is 7. The van der Waals surface area contributed by atoms with Gasteiger partial charge < -0.3 is 27.0 Å². The number of aliphatic hydroxyl groups excluding tert-OH is 1. The van der Waals surface area contributed by atoms with Crippen molar-refractivity contribution in [3.8, 4) is 0 Å². The first kappa shape index (κ1) is 30.3. The van der Waals surface area contributed by atoms with E-state index in [-0.39, 0.29) is 60.3 Å². The Morgan fingerprint density at radius 3 is 2.13 bits per heavy atom. The molecule has 0 aromatic heterocycles. The van der Waals surface area contributed by atoms with Gasteiger partial charge in [0.2, 0.25) is 5.54 Å². The average Bonchev–Trinajstić information content (AvgIpc) is 2.76. The summed E-state index contributed by atoms with van der Waals surface area (Å²) in [4.78, 5) is 26.3. The molecular weight excluding hydrogens is 416 g/mol. The smallest absolute Gasteiger partial charge is 0.365 e. The van der Waals surface area contributed by atoms with Crippen molar-refractivity contribution >= 4 is 24.5 Å². The zero-order valence-corrected chi connectivity index (χ0v) is 21.2. The number of thiol groups is 1. The Morgan fingerprint density at radius 2 is 1.71 bits per heavy atom. The first-order valence-corrected chi connectivity index (χ1v) is 12.1. The standard InChI is InChI=1S/C22H46N4O4S/c1-7-15(3)18(25-12-17(23)14-31)13-26(6,20(28)19(24)16(4)8-2)22(5,21(29)30)10-9-11-27/h15-19,25,27H,7-14,23-24H2,1-6H3,(H-,29,30,31)/p+1/t15-,16-,17+,18+,19-,22-,26?/m0/s1. The van der Waals surface area contributed by atoms with E-state index in [1.54, 1.807) is 14.0 Å². The second-order valence-electron chi connectivity index (χ2n) is 9.37. The van der Waals surface area contributed by atoms with E-state index in [0.717, 1.165) is 12.8 Å². The molecule has 1 amide bonds. The first-order valence-electron chi connectivity index (χ1n) is 11.5. The number of rotatable bonds is 16. The number of nitrogens with one attached hydrogen (secondary N) is 1. The van der Waals surface area contributed by atoms with Crippen LogP contribution in [-0.2, 0) is 9.59 Å². The predicted octanol–water partition coefficient (Wildman–Crippen LogP) is 1.21. The number of nitrogens with two attached hydrogens (primary N) is 2. The average molecular weight is 464 g/mol. The molecule has 0 bridgehead atoms. The third-order valence-corrected chi connectivity index (χ3v) is 7.64. The Balaban J connectivity index is 6.35. The van der Waals surface area contributed by atoms with Gasteiger partial charge in [0.25, 0.3) is 0 Å². The summed E-state index contributed by atoms with van der Waals surface area (Å²) in [5.74, 6) is -0.719. The number of aliphatic carboxylic acids is 1. The van der Waals surface area contributed by atoms with E-state index in [9.17, 15) is 19.8 Å². The zero-order valence-electron chi connectivity index (χ0n) is 20.3. The van der Waals surface area contributed by atoms with E-state index in [1.807, 2.05) is 13.8 Å². The summed E-state index contributed by atoms with van der Waals surface area (Å²) >= 11 is 4.24. The SMILES string of the molecule is CC[C@H](C)[C@H](N)C(=O)[N+](C)(C[C@@H](NC[C@@H](N)CS)[C@@H](C)CC)[C@@](C)(CCCO)C(=O)O. The highest BCUT2D eigenvalue weighted by Crippen LogP contribution is 2.32. The second kappa shape index (κ2) is 13.7. The van der Waals surface area contributed by atoms with Crippen molar-refractivity contribution in [2.75, 3.05) is 32.5 Å². The van der Waals surface area contributed by atoms with Gasteiger partial charge in [-0.05, 0) is 18.3 Å². The van der Waals surface area contributed by atoms with Crippen molar-refractivity contribution in [1.82, 2.24) is 5.32 Å². The molecule has 0 saturated carbocycles. The molecule has 0 aliphatic rings. The highest BCUT2D eigenvalue weighted by molar-refractivity contribution is 7.80. The van der Waals surface area contributed by atoms with Gasteiger partial charge in [-0.15, -0.1) is 0 Å². The molecule has 0 aromatic rings. The molecule has 0 fully saturated rings. The Bertz CT molecular complexity index is 568. The van der Waals surface area contributed by atoms with Crippen molar-refractivity contribution < 1.29 is 24.3 Å². The first-order chi connectivity index (χ1) is 14.4. The molecule has 9 heteroatoms. The topological polar surface area (TPSA) is 139 Å². The number of hydrogen-bond donors (Lipinski definition) is 6. The van der Waals surface area contributed by atoms with Gasteiger partial charge >= 0.3 is 11.9 Å². The van der Waals surface area contributed by atoms with Crippen LogP contribution in [0.25, 0.3) is 0 Å². The number of likely N-dealkylation sites (N-methyl/N-ethyl adjacent to an activating group) is 1. The van der Waals surface area contributed by atoms with Crippen molar-refractivity contribution in [2.45, 2.75) is 84.0 Å². The van der Waals surface area contributed by atoms with Crippen molar-refractivity contribution in [3.63, 3.8) is 0 Å². The summed E-state index contributed by atoms with van der Waals surface area (Å²) in [6.45, 7) is 10.3. The maximum atomic E-state index is 13.8. The predicted molar refractivity (Wildman–Crippen MR) is 129 cm³/mol. The molecule has 0 aliphatic heterocycles. The molecule has 184 valence electrons. The summed E-state index contributed by atoms with van der Waals surface area (Å²) in [5, 5.41) is 23.1. The maximum Gasteiger partial charge on any atom is 0.365 e. The lowest BCUT2D eigenvalue weighted by atomic mass is 9.85. The number of nitrogens with zero attached hydrogens (tertiary/aromatic N) is 1. The fourth-order valence-electron chi connectivity index (χ4n) is 3.84. The van der Waals surface area contributed by atoms with E-state index in [4.69, 9.17) is 11.5 Å². The molecule has 0 spiro atoms. The third-order valence-electron chi connectivity index (χ3n) is 7.17. The van der Waals surface area contributed by atoms with Gasteiger partial charge in [0.05, 0.1) is 13.1 Å². The number of carbonyl (C=O) groups is 2. The Kier molecular flexibility index (Phi) is 13.4. The molecule has 7 N–H and O–H groups in total. The van der Waals surface area contributed by atoms with Gasteiger partial charge in [-0.1, -0.05) is 40.5 Å². The third kappa shape index (κ3) is 7.68. The molecule has 8 nitrogen and oxygen atoms in total. The second-order valence-corrected chi connectivity index (χ2v) is 9.74. The lowest BCUT2D eigenvalue weighted by Crippen LogP contribution is -2.73. The molecule has 7 atom stereocenters. The van der Waals surface area contributed by atoms with E-state index >= 15 is 0 Å². The minimum Gasteiger partial charge on any atom is -0.477 e. The number of carboxylic acids is 1. The van der Waals surface area contributed by atoms with Crippen LogP contribution in [0, 0.1) is 11.8 Å². The molecule has 0 aromatic carbocycles. The summed E-state index contributed by atoms with van der Waals surface area (Å²) in [6.07, 6.45) is 2.03. The van der Waals surface area contributed by atoms with Crippen LogP contribution in [0.4, 0.5) is 0 Å². The van der Waals surface area contributed by atoms with Crippen LogP contribution in [0.5, 0.6) is 0 Å². The van der Waals surface area contributed by atoms with Crippen molar-refractivity contribution in [2.24, 2.45) is 23.3 Å². The van der Waals surface area contributed by atoms with Crippen LogP contribution < -0.4 is 16.8 Å². The fourth-order valence-corrected chi connectivity index (χ4v) is 3.97. The number of amides is 1. The van der Waals surface area contributed by atoms with Crippen LogP contribution in [-0.4, -0.2) is 82.7 Å². The Labute approximate surface area is 194 Å². The Morgan fingerprint density at radius 1 is 1.16 bits per heavy atom. The molecular formula is C22H47N4O4S+. The quantitative estimate of drug-likeness (QED) is 0.149. The van der Waals surface area contributed by atoms with Crippen molar-refractivity contribution in [1.29, 1.82) is 0 Å². The molecule has 1 unspecified atom stereocenters. The van der Waals surface area contributed by atoms with Gasteiger partial charge in [-0.2, -0.15) is 12.6 Å². The van der Waals surface area contributed by atoms with E-state index < -0.39 is 17.6 Å². The van der Waals surface area contributed by atoms with Crippen LogP contribution in [0.2, 0.25) is 0 Å². The number of aliphatic hydroxyl groups is 1. The zero-order chi connectivity index (χ0) is 24.4. The largest absolute Gasteiger partial charge is 0.477 e. The normalized spacial score (nSPS) is 20.7. The molecule has 0 aliphatic carbocycles. The van der Waals surface area contributed by atoms with Crippen LogP contribution in [0.3, 0.4) is 0 Å². The van der Waals surface area contributed by atoms with Gasteiger partial charge in [0.15, 0.2) is 0 Å². The summed E-state index contributed by atoms with van der Waals surface area (Å²) < 4.78 is -0.341. The summed E-state index contributed by atoms with van der Waals surface area (Å²) in [5.41, 5.74) is 11.0. The number of carboxylic acid groups (broad SMARTS) is 1. The van der Waals surface area contributed by atoms with Crippen LogP contribution in [0.15, 0.2) is 0 Å². The van der Waals surface area contributed by atoms with Crippen LogP contribution >= 0.6 is 12.6 Å². The highest BCUT2D eigenvalue weighted by Gasteiger charge is 2.57. The highest BCUT2D eigenvalue weighted by atomic mass is 32.1. The fraction of sp³-hybridized carbons (Fsp3) is 0.909.